The topological polar surface area (TPSA) is 58.6 Å². The van der Waals surface area contributed by atoms with E-state index >= 15 is 0 Å². The van der Waals surface area contributed by atoms with Crippen LogP contribution in [0.4, 0.5) is 5.69 Å². The van der Waals surface area contributed by atoms with Crippen molar-refractivity contribution < 1.29 is 14.4 Å². The minimum Gasteiger partial charge on any atom is -0.312 e. The summed E-state index contributed by atoms with van der Waals surface area (Å²) in [6.07, 6.45) is 1.29. The standard InChI is InChI=1S/C13H15ClN2O3/c1-2-19-15-13(18)10-6-5-9(14)8-11(10)16-7-3-4-12(16)17/h5-6,8H,2-4,7H2,1H3,(H,15,18). The fourth-order valence-corrected chi connectivity index (χ4v) is 2.18. The third kappa shape index (κ3) is 3.05. The van der Waals surface area contributed by atoms with Gasteiger partial charge < -0.3 is 4.90 Å². The van der Waals surface area contributed by atoms with Crippen molar-refractivity contribution >= 4 is 29.1 Å². The Hall–Kier alpha value is -1.59. The second kappa shape index (κ2) is 6.04. The molecule has 1 heterocycles. The van der Waals surface area contributed by atoms with Crippen molar-refractivity contribution in [3.63, 3.8) is 0 Å². The number of nitrogens with one attached hydrogen (secondary N) is 1. The summed E-state index contributed by atoms with van der Waals surface area (Å²) in [5.41, 5.74) is 3.24. The number of nitrogens with zero attached hydrogens (tertiary/aromatic N) is 1. The third-order valence-corrected chi connectivity index (χ3v) is 3.11. The molecule has 0 unspecified atom stereocenters. The van der Waals surface area contributed by atoms with Gasteiger partial charge in [-0.25, -0.2) is 5.48 Å². The quantitative estimate of drug-likeness (QED) is 0.861. The Bertz CT molecular complexity index is 505. The summed E-state index contributed by atoms with van der Waals surface area (Å²) in [5, 5.41) is 0.489. The van der Waals surface area contributed by atoms with Gasteiger partial charge in [-0.1, -0.05) is 11.6 Å². The monoisotopic (exact) mass is 282 g/mol. The zero-order valence-corrected chi connectivity index (χ0v) is 11.4. The molecule has 0 aromatic heterocycles. The number of rotatable bonds is 4. The number of hydrogen-bond donors (Lipinski definition) is 1. The van der Waals surface area contributed by atoms with Gasteiger partial charge >= 0.3 is 0 Å². The molecule has 19 heavy (non-hydrogen) atoms. The predicted octanol–water partition coefficient (Wildman–Crippen LogP) is 2.15. The maximum atomic E-state index is 12.0. The lowest BCUT2D eigenvalue weighted by Crippen LogP contribution is -2.29. The van der Waals surface area contributed by atoms with Crippen LogP contribution in [0.2, 0.25) is 5.02 Å². The molecule has 0 atom stereocenters. The van der Waals surface area contributed by atoms with E-state index in [9.17, 15) is 9.59 Å². The Labute approximate surface area is 116 Å². The van der Waals surface area contributed by atoms with E-state index in [1.165, 1.54) is 0 Å². The highest BCUT2D eigenvalue weighted by molar-refractivity contribution is 6.31. The van der Waals surface area contributed by atoms with Gasteiger partial charge in [-0.3, -0.25) is 14.4 Å². The Balaban J connectivity index is 2.32. The number of anilines is 1. The van der Waals surface area contributed by atoms with Gasteiger partial charge in [0, 0.05) is 18.0 Å². The first-order chi connectivity index (χ1) is 9.13. The van der Waals surface area contributed by atoms with Gasteiger partial charge in [-0.15, -0.1) is 0 Å². The molecule has 0 bridgehead atoms. The van der Waals surface area contributed by atoms with Crippen LogP contribution in [0.25, 0.3) is 0 Å². The third-order valence-electron chi connectivity index (χ3n) is 2.88. The molecular weight excluding hydrogens is 268 g/mol. The molecule has 5 nitrogen and oxygen atoms in total. The van der Waals surface area contributed by atoms with Crippen LogP contribution in [0, 0.1) is 0 Å². The normalized spacial score (nSPS) is 14.8. The highest BCUT2D eigenvalue weighted by Gasteiger charge is 2.26. The van der Waals surface area contributed by atoms with Crippen molar-refractivity contribution in [1.82, 2.24) is 5.48 Å². The SMILES string of the molecule is CCONC(=O)c1ccc(Cl)cc1N1CCCC1=O. The minimum atomic E-state index is -0.381. The first-order valence-electron chi connectivity index (χ1n) is 6.15. The Morgan fingerprint density at radius 3 is 2.95 bits per heavy atom. The van der Waals surface area contributed by atoms with E-state index in [1.807, 2.05) is 0 Å². The number of carbonyl (C=O) groups is 2. The van der Waals surface area contributed by atoms with Crippen LogP contribution in [-0.4, -0.2) is 25.0 Å². The molecular formula is C13H15ClN2O3. The molecule has 1 aromatic rings. The van der Waals surface area contributed by atoms with E-state index in [0.717, 1.165) is 6.42 Å². The van der Waals surface area contributed by atoms with E-state index in [1.54, 1.807) is 30.0 Å². The van der Waals surface area contributed by atoms with Crippen LogP contribution >= 0.6 is 11.6 Å². The smallest absolute Gasteiger partial charge is 0.276 e. The van der Waals surface area contributed by atoms with E-state index < -0.39 is 0 Å². The fraction of sp³-hybridized carbons (Fsp3) is 0.385. The number of carbonyl (C=O) groups excluding carboxylic acids is 2. The summed E-state index contributed by atoms with van der Waals surface area (Å²) >= 11 is 5.95. The zero-order valence-electron chi connectivity index (χ0n) is 10.6. The summed E-state index contributed by atoms with van der Waals surface area (Å²) in [6, 6.07) is 4.84. The largest absolute Gasteiger partial charge is 0.312 e. The van der Waals surface area contributed by atoms with E-state index in [2.05, 4.69) is 5.48 Å². The summed E-state index contributed by atoms with van der Waals surface area (Å²) in [7, 11) is 0. The first-order valence-corrected chi connectivity index (χ1v) is 6.53. The van der Waals surface area contributed by atoms with Crippen LogP contribution in [0.15, 0.2) is 18.2 Å². The van der Waals surface area contributed by atoms with Crippen molar-refractivity contribution in [2.45, 2.75) is 19.8 Å². The lowest BCUT2D eigenvalue weighted by molar-refractivity contribution is -0.117. The molecule has 1 aromatic carbocycles. The summed E-state index contributed by atoms with van der Waals surface area (Å²) in [6.45, 7) is 2.75. The maximum absolute atomic E-state index is 12.0. The molecule has 0 aliphatic carbocycles. The summed E-state index contributed by atoms with van der Waals surface area (Å²) < 4.78 is 0. The average molecular weight is 283 g/mol. The fourth-order valence-electron chi connectivity index (χ4n) is 2.02. The van der Waals surface area contributed by atoms with Gasteiger partial charge in [-0.2, -0.15) is 0 Å². The zero-order chi connectivity index (χ0) is 13.8. The molecule has 0 saturated carbocycles. The molecule has 0 spiro atoms. The van der Waals surface area contributed by atoms with Crippen LogP contribution in [-0.2, 0) is 9.63 Å². The molecule has 1 saturated heterocycles. The van der Waals surface area contributed by atoms with Gasteiger partial charge in [0.2, 0.25) is 5.91 Å². The first kappa shape index (κ1) is 13.8. The Morgan fingerprint density at radius 1 is 1.53 bits per heavy atom. The lowest BCUT2D eigenvalue weighted by atomic mass is 10.1. The number of hydrogen-bond acceptors (Lipinski definition) is 3. The van der Waals surface area contributed by atoms with Crippen LogP contribution < -0.4 is 10.4 Å². The van der Waals surface area contributed by atoms with Crippen molar-refractivity contribution in [3.05, 3.63) is 28.8 Å². The summed E-state index contributed by atoms with van der Waals surface area (Å²) in [4.78, 5) is 30.3. The Kier molecular flexibility index (Phi) is 4.39. The molecule has 6 heteroatoms. The van der Waals surface area contributed by atoms with Crippen molar-refractivity contribution in [2.24, 2.45) is 0 Å². The van der Waals surface area contributed by atoms with Gasteiger partial charge in [0.15, 0.2) is 0 Å². The highest BCUT2D eigenvalue weighted by atomic mass is 35.5. The van der Waals surface area contributed by atoms with Crippen LogP contribution in [0.3, 0.4) is 0 Å². The van der Waals surface area contributed by atoms with Crippen LogP contribution in [0.1, 0.15) is 30.1 Å². The summed E-state index contributed by atoms with van der Waals surface area (Å²) in [5.74, 6) is -0.374. The number of amides is 2. The van der Waals surface area contributed by atoms with Crippen molar-refractivity contribution in [3.8, 4) is 0 Å². The average Bonchev–Trinajstić information content (AvgIpc) is 2.82. The van der Waals surface area contributed by atoms with Crippen molar-refractivity contribution in [2.75, 3.05) is 18.1 Å². The maximum Gasteiger partial charge on any atom is 0.276 e. The molecule has 102 valence electrons. The molecule has 1 N–H and O–H groups in total. The lowest BCUT2D eigenvalue weighted by Gasteiger charge is -2.19. The molecule has 1 aliphatic rings. The number of hydroxylamine groups is 1. The highest BCUT2D eigenvalue weighted by Crippen LogP contribution is 2.28. The Morgan fingerprint density at radius 2 is 2.32 bits per heavy atom. The second-order valence-corrected chi connectivity index (χ2v) is 4.61. The van der Waals surface area contributed by atoms with Gasteiger partial charge in [0.05, 0.1) is 17.9 Å². The number of benzene rings is 1. The number of halogens is 1. The second-order valence-electron chi connectivity index (χ2n) is 4.17. The molecule has 2 rings (SSSR count). The predicted molar refractivity (Wildman–Crippen MR) is 72.1 cm³/mol. The van der Waals surface area contributed by atoms with Gasteiger partial charge in [0.25, 0.3) is 5.91 Å². The van der Waals surface area contributed by atoms with Crippen LogP contribution in [0.5, 0.6) is 0 Å². The molecule has 1 aliphatic heterocycles. The van der Waals surface area contributed by atoms with Crippen molar-refractivity contribution in [1.29, 1.82) is 0 Å². The molecule has 1 fully saturated rings. The van der Waals surface area contributed by atoms with Gasteiger partial charge in [0.1, 0.15) is 0 Å². The molecule has 2 amide bonds. The van der Waals surface area contributed by atoms with Gasteiger partial charge in [-0.05, 0) is 31.5 Å². The minimum absolute atomic E-state index is 0.00715. The molecule has 0 radical (unpaired) electrons. The van der Waals surface area contributed by atoms with E-state index in [4.69, 9.17) is 16.4 Å². The van der Waals surface area contributed by atoms with E-state index in [-0.39, 0.29) is 11.8 Å². The van der Waals surface area contributed by atoms with E-state index in [0.29, 0.717) is 35.8 Å².